The summed E-state index contributed by atoms with van der Waals surface area (Å²) in [6.45, 7) is 0. The molecule has 4 rings (SSSR count). The van der Waals surface area contributed by atoms with Crippen LogP contribution in [0.3, 0.4) is 0 Å². The van der Waals surface area contributed by atoms with Crippen LogP contribution in [0.25, 0.3) is 11.3 Å². The molecule has 25 heavy (non-hydrogen) atoms. The van der Waals surface area contributed by atoms with E-state index in [-0.39, 0.29) is 0 Å². The largest absolute Gasteiger partial charge is 0.311 e. The molecule has 0 spiro atoms. The van der Waals surface area contributed by atoms with Crippen molar-refractivity contribution in [2.24, 2.45) is 0 Å². The highest BCUT2D eigenvalue weighted by atomic mass is 15.1. The van der Waals surface area contributed by atoms with E-state index in [1.165, 1.54) is 0 Å². The third kappa shape index (κ3) is 3.29. The molecule has 0 N–H and O–H groups in total. The second-order valence-corrected chi connectivity index (χ2v) is 5.77. The Bertz CT molecular complexity index is 878. The van der Waals surface area contributed by atoms with Crippen molar-refractivity contribution in [2.45, 2.75) is 0 Å². The van der Waals surface area contributed by atoms with Gasteiger partial charge in [-0.25, -0.2) is 0 Å². The average Bonchev–Trinajstić information content (AvgIpc) is 2.71. The zero-order chi connectivity index (χ0) is 16.9. The normalized spacial score (nSPS) is 10.4. The van der Waals surface area contributed by atoms with Crippen molar-refractivity contribution in [3.8, 4) is 11.3 Å². The van der Waals surface area contributed by atoms with Gasteiger partial charge in [0.2, 0.25) is 0 Å². The summed E-state index contributed by atoms with van der Waals surface area (Å²) in [5.41, 5.74) is 5.50. The Labute approximate surface area is 148 Å². The van der Waals surface area contributed by atoms with Crippen LogP contribution in [0.4, 0.5) is 17.1 Å². The molecule has 0 aliphatic carbocycles. The van der Waals surface area contributed by atoms with Gasteiger partial charge in [0.15, 0.2) is 0 Å². The Morgan fingerprint density at radius 3 is 1.52 bits per heavy atom. The Morgan fingerprint density at radius 1 is 0.480 bits per heavy atom. The van der Waals surface area contributed by atoms with Gasteiger partial charge < -0.3 is 4.90 Å². The summed E-state index contributed by atoms with van der Waals surface area (Å²) in [7, 11) is 0. The van der Waals surface area contributed by atoms with E-state index < -0.39 is 0 Å². The van der Waals surface area contributed by atoms with Gasteiger partial charge in [-0.1, -0.05) is 54.6 Å². The number of hydrogen-bond donors (Lipinski definition) is 0. The summed E-state index contributed by atoms with van der Waals surface area (Å²) >= 11 is 0. The third-order valence-corrected chi connectivity index (χ3v) is 4.11. The van der Waals surface area contributed by atoms with E-state index in [1.54, 1.807) is 0 Å². The number of pyridine rings is 1. The van der Waals surface area contributed by atoms with Gasteiger partial charge in [-0.3, -0.25) is 4.98 Å². The average molecular weight is 322 g/mol. The highest BCUT2D eigenvalue weighted by Gasteiger charge is 2.11. The summed E-state index contributed by atoms with van der Waals surface area (Å²) in [4.78, 5) is 6.68. The minimum atomic E-state index is 0.986. The third-order valence-electron chi connectivity index (χ3n) is 4.11. The van der Waals surface area contributed by atoms with Gasteiger partial charge in [-0.15, -0.1) is 0 Å². The van der Waals surface area contributed by atoms with E-state index in [9.17, 15) is 0 Å². The van der Waals surface area contributed by atoms with Crippen LogP contribution in [0.15, 0.2) is 109 Å². The number of para-hydroxylation sites is 2. The molecule has 4 aromatic rings. The van der Waals surface area contributed by atoms with Crippen LogP contribution in [-0.4, -0.2) is 4.98 Å². The molecule has 1 aromatic heterocycles. The highest BCUT2D eigenvalue weighted by molar-refractivity contribution is 5.77. The summed E-state index contributed by atoms with van der Waals surface area (Å²) in [5, 5.41) is 0. The first-order valence-electron chi connectivity index (χ1n) is 8.33. The zero-order valence-corrected chi connectivity index (χ0v) is 13.8. The lowest BCUT2D eigenvalue weighted by Crippen LogP contribution is -2.09. The molecule has 0 aliphatic heterocycles. The van der Waals surface area contributed by atoms with E-state index >= 15 is 0 Å². The Morgan fingerprint density at radius 2 is 1.00 bits per heavy atom. The lowest BCUT2D eigenvalue weighted by molar-refractivity contribution is 1.28. The van der Waals surface area contributed by atoms with Crippen LogP contribution < -0.4 is 4.90 Å². The molecule has 120 valence electrons. The van der Waals surface area contributed by atoms with Crippen molar-refractivity contribution >= 4 is 17.1 Å². The summed E-state index contributed by atoms with van der Waals surface area (Å²) in [6, 6.07) is 35.3. The smallest absolute Gasteiger partial charge is 0.0701 e. The summed E-state index contributed by atoms with van der Waals surface area (Å²) in [6.07, 6.45) is 1.82. The number of rotatable bonds is 4. The maximum Gasteiger partial charge on any atom is 0.0701 e. The predicted molar refractivity (Wildman–Crippen MR) is 104 cm³/mol. The molecule has 0 radical (unpaired) electrons. The topological polar surface area (TPSA) is 16.1 Å². The van der Waals surface area contributed by atoms with Crippen LogP contribution >= 0.6 is 0 Å². The van der Waals surface area contributed by atoms with Crippen molar-refractivity contribution < 1.29 is 0 Å². The van der Waals surface area contributed by atoms with E-state index in [0.717, 1.165) is 28.3 Å². The van der Waals surface area contributed by atoms with Crippen LogP contribution in [-0.2, 0) is 0 Å². The van der Waals surface area contributed by atoms with Crippen molar-refractivity contribution in [2.75, 3.05) is 4.90 Å². The SMILES string of the molecule is c1ccc(N(c2ccccc2)c2ccc(-c3ccccn3)cc2)cc1. The van der Waals surface area contributed by atoms with Crippen molar-refractivity contribution in [3.05, 3.63) is 109 Å². The van der Waals surface area contributed by atoms with E-state index in [0.29, 0.717) is 0 Å². The summed E-state index contributed by atoms with van der Waals surface area (Å²) < 4.78 is 0. The van der Waals surface area contributed by atoms with Gasteiger partial charge in [0, 0.05) is 28.8 Å². The van der Waals surface area contributed by atoms with Gasteiger partial charge in [0.1, 0.15) is 0 Å². The second-order valence-electron chi connectivity index (χ2n) is 5.77. The number of aromatic nitrogens is 1. The fourth-order valence-corrected chi connectivity index (χ4v) is 2.92. The van der Waals surface area contributed by atoms with E-state index in [4.69, 9.17) is 0 Å². The fraction of sp³-hybridized carbons (Fsp3) is 0. The Balaban J connectivity index is 1.75. The number of nitrogens with zero attached hydrogens (tertiary/aromatic N) is 2. The molecule has 3 aromatic carbocycles. The predicted octanol–water partition coefficient (Wildman–Crippen LogP) is 6.22. The minimum absolute atomic E-state index is 0.986. The molecule has 0 fully saturated rings. The van der Waals surface area contributed by atoms with Crippen LogP contribution in [0, 0.1) is 0 Å². The van der Waals surface area contributed by atoms with Crippen LogP contribution in [0.1, 0.15) is 0 Å². The maximum atomic E-state index is 4.43. The molecular weight excluding hydrogens is 304 g/mol. The van der Waals surface area contributed by atoms with Crippen molar-refractivity contribution in [1.29, 1.82) is 0 Å². The van der Waals surface area contributed by atoms with Gasteiger partial charge in [0.25, 0.3) is 0 Å². The quantitative estimate of drug-likeness (QED) is 0.443. The molecular formula is C23H18N2. The number of anilines is 3. The Hall–Kier alpha value is -3.39. The molecule has 2 nitrogen and oxygen atoms in total. The van der Waals surface area contributed by atoms with Crippen LogP contribution in [0.2, 0.25) is 0 Å². The Kier molecular flexibility index (Phi) is 4.25. The molecule has 1 heterocycles. The van der Waals surface area contributed by atoms with Crippen molar-refractivity contribution in [1.82, 2.24) is 4.98 Å². The molecule has 0 saturated carbocycles. The monoisotopic (exact) mass is 322 g/mol. The number of hydrogen-bond acceptors (Lipinski definition) is 2. The van der Waals surface area contributed by atoms with Crippen LogP contribution in [0.5, 0.6) is 0 Å². The van der Waals surface area contributed by atoms with Gasteiger partial charge >= 0.3 is 0 Å². The number of benzene rings is 3. The molecule has 2 heteroatoms. The fourth-order valence-electron chi connectivity index (χ4n) is 2.92. The first kappa shape index (κ1) is 15.2. The van der Waals surface area contributed by atoms with Gasteiger partial charge in [-0.2, -0.15) is 0 Å². The molecule has 0 bridgehead atoms. The van der Waals surface area contributed by atoms with E-state index in [1.807, 2.05) is 36.5 Å². The summed E-state index contributed by atoms with van der Waals surface area (Å²) in [5.74, 6) is 0. The maximum absolute atomic E-state index is 4.43. The lowest BCUT2D eigenvalue weighted by Gasteiger charge is -2.25. The molecule has 0 amide bonds. The van der Waals surface area contributed by atoms with Gasteiger partial charge in [-0.05, 0) is 48.5 Å². The molecule has 0 atom stereocenters. The second kappa shape index (κ2) is 7.02. The minimum Gasteiger partial charge on any atom is -0.311 e. The highest BCUT2D eigenvalue weighted by Crippen LogP contribution is 2.34. The first-order valence-corrected chi connectivity index (χ1v) is 8.33. The standard InChI is InChI=1S/C23H18N2/c1-3-9-20(10-4-1)25(21-11-5-2-6-12-21)22-16-14-19(15-17-22)23-13-7-8-18-24-23/h1-18H. The van der Waals surface area contributed by atoms with Crippen molar-refractivity contribution in [3.63, 3.8) is 0 Å². The molecule has 0 aliphatic rings. The van der Waals surface area contributed by atoms with E-state index in [2.05, 4.69) is 82.7 Å². The molecule has 0 unspecified atom stereocenters. The molecule has 0 saturated heterocycles. The first-order chi connectivity index (χ1) is 12.4. The van der Waals surface area contributed by atoms with Gasteiger partial charge in [0.05, 0.1) is 5.69 Å². The zero-order valence-electron chi connectivity index (χ0n) is 13.8. The lowest BCUT2D eigenvalue weighted by atomic mass is 10.1.